The smallest absolute Gasteiger partial charge is 0.124 e. The average molecular weight is 429 g/mol. The van der Waals surface area contributed by atoms with Gasteiger partial charge in [0.15, 0.2) is 0 Å². The molecule has 0 aliphatic carbocycles. The molecule has 1 aliphatic heterocycles. The van der Waals surface area contributed by atoms with Gasteiger partial charge in [-0.2, -0.15) is 0 Å². The Labute approximate surface area is 186 Å². The number of aliphatic hydroxyl groups is 2. The Hall–Kier alpha value is -2.12. The van der Waals surface area contributed by atoms with E-state index in [2.05, 4.69) is 34.9 Å². The Kier molecular flexibility index (Phi) is 8.72. The van der Waals surface area contributed by atoms with Crippen molar-refractivity contribution in [1.82, 2.24) is 9.80 Å². The predicted molar refractivity (Wildman–Crippen MR) is 122 cm³/mol. The molecule has 0 bridgehead atoms. The number of nitrogens with zero attached hydrogens (tertiary/aromatic N) is 2. The zero-order valence-electron chi connectivity index (χ0n) is 19.0. The third-order valence-corrected chi connectivity index (χ3v) is 6.00. The summed E-state index contributed by atoms with van der Waals surface area (Å²) in [5.41, 5.74) is 4.43. The van der Waals surface area contributed by atoms with Crippen molar-refractivity contribution >= 4 is 0 Å². The summed E-state index contributed by atoms with van der Waals surface area (Å²) in [7, 11) is 1.70. The van der Waals surface area contributed by atoms with Crippen LogP contribution in [0.5, 0.6) is 11.5 Å². The summed E-state index contributed by atoms with van der Waals surface area (Å²) in [6.07, 6.45) is 0.761. The minimum Gasteiger partial charge on any atom is -0.496 e. The number of aliphatic hydroxyl groups excluding tert-OH is 2. The number of rotatable bonds is 10. The standard InChI is InChI=1S/C25H36N2O4/c1-4-31-25-8-6-21(14-22(25)18-29)15-26-10-11-27(23(17-26)9-12-28)16-20-5-7-24(30-3)19(2)13-20/h5-8,13-14,23,28-29H,4,9-12,15-18H2,1-3H3/t23-/m0/s1. The van der Waals surface area contributed by atoms with E-state index in [1.54, 1.807) is 7.11 Å². The first-order valence-electron chi connectivity index (χ1n) is 11.1. The van der Waals surface area contributed by atoms with E-state index in [9.17, 15) is 10.2 Å². The molecule has 1 saturated heterocycles. The largest absolute Gasteiger partial charge is 0.496 e. The van der Waals surface area contributed by atoms with Crippen LogP contribution in [0.4, 0.5) is 0 Å². The predicted octanol–water partition coefficient (Wildman–Crippen LogP) is 2.96. The lowest BCUT2D eigenvalue weighted by Crippen LogP contribution is -2.52. The molecule has 0 aromatic heterocycles. The molecule has 3 rings (SSSR count). The van der Waals surface area contributed by atoms with Crippen LogP contribution in [0.15, 0.2) is 36.4 Å². The number of methoxy groups -OCH3 is 1. The van der Waals surface area contributed by atoms with Crippen LogP contribution >= 0.6 is 0 Å². The van der Waals surface area contributed by atoms with E-state index >= 15 is 0 Å². The number of hydrogen-bond donors (Lipinski definition) is 2. The number of hydrogen-bond acceptors (Lipinski definition) is 6. The third-order valence-electron chi connectivity index (χ3n) is 6.00. The summed E-state index contributed by atoms with van der Waals surface area (Å²) >= 11 is 0. The second-order valence-corrected chi connectivity index (χ2v) is 8.21. The van der Waals surface area contributed by atoms with Crippen LogP contribution < -0.4 is 9.47 Å². The molecule has 170 valence electrons. The Morgan fingerprint density at radius 3 is 2.39 bits per heavy atom. The molecule has 1 aliphatic rings. The molecule has 6 heteroatoms. The van der Waals surface area contributed by atoms with E-state index in [0.717, 1.165) is 61.8 Å². The van der Waals surface area contributed by atoms with Gasteiger partial charge >= 0.3 is 0 Å². The fourth-order valence-corrected chi connectivity index (χ4v) is 4.41. The molecule has 0 radical (unpaired) electrons. The van der Waals surface area contributed by atoms with Crippen LogP contribution in [0.1, 0.15) is 35.6 Å². The van der Waals surface area contributed by atoms with Gasteiger partial charge in [-0.3, -0.25) is 9.80 Å². The molecule has 2 N–H and O–H groups in total. The van der Waals surface area contributed by atoms with Crippen LogP contribution in [0.25, 0.3) is 0 Å². The first kappa shape index (κ1) is 23.5. The van der Waals surface area contributed by atoms with Crippen LogP contribution in [0, 0.1) is 6.92 Å². The highest BCUT2D eigenvalue weighted by atomic mass is 16.5. The van der Waals surface area contributed by atoms with Crippen molar-refractivity contribution in [2.45, 2.75) is 46.0 Å². The van der Waals surface area contributed by atoms with Crippen LogP contribution in [0.2, 0.25) is 0 Å². The number of piperazine rings is 1. The molecule has 2 aromatic carbocycles. The highest BCUT2D eigenvalue weighted by molar-refractivity contribution is 5.37. The Morgan fingerprint density at radius 2 is 1.74 bits per heavy atom. The summed E-state index contributed by atoms with van der Waals surface area (Å²) in [5, 5.41) is 19.3. The average Bonchev–Trinajstić information content (AvgIpc) is 2.77. The van der Waals surface area contributed by atoms with Gasteiger partial charge in [0.05, 0.1) is 20.3 Å². The lowest BCUT2D eigenvalue weighted by molar-refractivity contribution is 0.0499. The molecular formula is C25H36N2O4. The first-order chi connectivity index (χ1) is 15.1. The van der Waals surface area contributed by atoms with Gasteiger partial charge in [0.1, 0.15) is 11.5 Å². The fourth-order valence-electron chi connectivity index (χ4n) is 4.41. The summed E-state index contributed by atoms with van der Waals surface area (Å²) < 4.78 is 11.0. The summed E-state index contributed by atoms with van der Waals surface area (Å²) in [4.78, 5) is 4.91. The second-order valence-electron chi connectivity index (χ2n) is 8.21. The molecule has 1 atom stereocenters. The molecule has 0 saturated carbocycles. The second kappa shape index (κ2) is 11.5. The van der Waals surface area contributed by atoms with Crippen molar-refractivity contribution in [1.29, 1.82) is 0 Å². The van der Waals surface area contributed by atoms with Gasteiger partial charge in [-0.1, -0.05) is 18.2 Å². The number of benzene rings is 2. The van der Waals surface area contributed by atoms with Gasteiger partial charge < -0.3 is 19.7 Å². The van der Waals surface area contributed by atoms with Crippen molar-refractivity contribution in [3.63, 3.8) is 0 Å². The molecule has 0 unspecified atom stereocenters. The molecule has 1 fully saturated rings. The van der Waals surface area contributed by atoms with Crippen molar-refractivity contribution in [2.24, 2.45) is 0 Å². The molecule has 0 spiro atoms. The monoisotopic (exact) mass is 428 g/mol. The summed E-state index contributed by atoms with van der Waals surface area (Å²) in [5.74, 6) is 1.67. The van der Waals surface area contributed by atoms with Crippen molar-refractivity contribution in [3.05, 3.63) is 58.7 Å². The van der Waals surface area contributed by atoms with E-state index < -0.39 is 0 Å². The van der Waals surface area contributed by atoms with Crippen LogP contribution in [-0.2, 0) is 19.7 Å². The summed E-state index contributed by atoms with van der Waals surface area (Å²) in [6, 6.07) is 12.7. The zero-order chi connectivity index (χ0) is 22.2. The number of ether oxygens (including phenoxy) is 2. The molecular weight excluding hydrogens is 392 g/mol. The summed E-state index contributed by atoms with van der Waals surface area (Å²) in [6.45, 7) is 9.32. The minimum absolute atomic E-state index is 0.0225. The van der Waals surface area contributed by atoms with Gasteiger partial charge in [0, 0.05) is 50.9 Å². The van der Waals surface area contributed by atoms with Gasteiger partial charge in [0.2, 0.25) is 0 Å². The van der Waals surface area contributed by atoms with Crippen molar-refractivity contribution in [2.75, 3.05) is 40.0 Å². The van der Waals surface area contributed by atoms with E-state index in [0.29, 0.717) is 12.6 Å². The maximum Gasteiger partial charge on any atom is 0.124 e. The van der Waals surface area contributed by atoms with Gasteiger partial charge in [0.25, 0.3) is 0 Å². The molecule has 2 aromatic rings. The Balaban J connectivity index is 1.65. The van der Waals surface area contributed by atoms with E-state index in [-0.39, 0.29) is 13.2 Å². The topological polar surface area (TPSA) is 65.4 Å². The quantitative estimate of drug-likeness (QED) is 0.607. The lowest BCUT2D eigenvalue weighted by atomic mass is 10.0. The number of aryl methyl sites for hydroxylation is 1. The van der Waals surface area contributed by atoms with E-state index in [1.807, 2.05) is 25.1 Å². The van der Waals surface area contributed by atoms with Gasteiger partial charge in [-0.15, -0.1) is 0 Å². The SMILES string of the molecule is CCOc1ccc(CN2CCN(Cc3ccc(OC)c(C)c3)[C@@H](CCO)C2)cc1CO. The highest BCUT2D eigenvalue weighted by Crippen LogP contribution is 2.24. The highest BCUT2D eigenvalue weighted by Gasteiger charge is 2.27. The molecule has 1 heterocycles. The maximum atomic E-state index is 9.68. The molecule has 31 heavy (non-hydrogen) atoms. The van der Waals surface area contributed by atoms with E-state index in [1.165, 1.54) is 11.1 Å². The molecule has 6 nitrogen and oxygen atoms in total. The van der Waals surface area contributed by atoms with Gasteiger partial charge in [-0.05, 0) is 55.2 Å². The lowest BCUT2D eigenvalue weighted by Gasteiger charge is -2.41. The van der Waals surface area contributed by atoms with Crippen LogP contribution in [-0.4, -0.2) is 66.0 Å². The van der Waals surface area contributed by atoms with Crippen molar-refractivity contribution in [3.8, 4) is 11.5 Å². The Morgan fingerprint density at radius 1 is 1.00 bits per heavy atom. The van der Waals surface area contributed by atoms with Crippen molar-refractivity contribution < 1.29 is 19.7 Å². The fraction of sp³-hybridized carbons (Fsp3) is 0.520. The zero-order valence-corrected chi connectivity index (χ0v) is 19.0. The van der Waals surface area contributed by atoms with E-state index in [4.69, 9.17) is 9.47 Å². The molecule has 0 amide bonds. The van der Waals surface area contributed by atoms with Gasteiger partial charge in [-0.25, -0.2) is 0 Å². The minimum atomic E-state index is -0.0225. The first-order valence-corrected chi connectivity index (χ1v) is 11.1. The normalized spacial score (nSPS) is 17.6. The third kappa shape index (κ3) is 6.20. The Bertz CT molecular complexity index is 842. The maximum absolute atomic E-state index is 9.68. The van der Waals surface area contributed by atoms with Crippen LogP contribution in [0.3, 0.4) is 0 Å².